The van der Waals surface area contributed by atoms with Crippen LogP contribution in [0.15, 0.2) is 11.4 Å². The van der Waals surface area contributed by atoms with Crippen LogP contribution in [0, 0.1) is 0 Å². The Morgan fingerprint density at radius 1 is 1.35 bits per heavy atom. The van der Waals surface area contributed by atoms with E-state index in [1.807, 2.05) is 11.8 Å². The molecule has 0 fully saturated rings. The molecule has 0 bridgehead atoms. The lowest BCUT2D eigenvalue weighted by Gasteiger charge is -2.07. The predicted molar refractivity (Wildman–Crippen MR) is 78.0 cm³/mol. The third kappa shape index (κ3) is 3.10. The summed E-state index contributed by atoms with van der Waals surface area (Å²) in [5.74, 6) is 3.92. The minimum Gasteiger partial charge on any atom is -0.369 e. The van der Waals surface area contributed by atoms with Gasteiger partial charge in [0.25, 0.3) is 0 Å². The average Bonchev–Trinajstić information content (AvgIpc) is 2.81. The Balaban J connectivity index is 2.29. The molecule has 0 amide bonds. The summed E-state index contributed by atoms with van der Waals surface area (Å²) in [6, 6.07) is 2.09. The van der Waals surface area contributed by atoms with Crippen molar-refractivity contribution in [2.45, 2.75) is 26.0 Å². The van der Waals surface area contributed by atoms with Crippen molar-refractivity contribution in [1.29, 1.82) is 0 Å². The highest BCUT2D eigenvalue weighted by atomic mass is 32.2. The first-order valence-corrected chi connectivity index (χ1v) is 7.94. The minimum atomic E-state index is 0.894. The Bertz CT molecular complexity index is 482. The van der Waals surface area contributed by atoms with Gasteiger partial charge in [-0.1, -0.05) is 13.8 Å². The molecule has 0 saturated carbocycles. The maximum atomic E-state index is 4.61. The molecular formula is C12H17N3S2. The van der Waals surface area contributed by atoms with Gasteiger partial charge >= 0.3 is 0 Å². The Kier molecular flexibility index (Phi) is 4.62. The molecule has 3 nitrogen and oxygen atoms in total. The van der Waals surface area contributed by atoms with Crippen LogP contribution in [0.25, 0.3) is 10.2 Å². The smallest absolute Gasteiger partial charge is 0.142 e. The number of hydrogen-bond donors (Lipinski definition) is 1. The van der Waals surface area contributed by atoms with E-state index < -0.39 is 0 Å². The van der Waals surface area contributed by atoms with Crippen molar-refractivity contribution in [3.05, 3.63) is 17.3 Å². The molecule has 0 aromatic carbocycles. The number of anilines is 1. The number of nitrogens with zero attached hydrogens (tertiary/aromatic N) is 2. The Morgan fingerprint density at radius 3 is 3.00 bits per heavy atom. The second-order valence-corrected chi connectivity index (χ2v) is 5.86. The van der Waals surface area contributed by atoms with Crippen molar-refractivity contribution in [1.82, 2.24) is 9.97 Å². The second-order valence-electron chi connectivity index (χ2n) is 3.69. The summed E-state index contributed by atoms with van der Waals surface area (Å²) in [6.07, 6.45) is 1.11. The third-order valence-corrected chi connectivity index (χ3v) is 4.03. The topological polar surface area (TPSA) is 37.8 Å². The molecule has 0 aliphatic carbocycles. The summed E-state index contributed by atoms with van der Waals surface area (Å²) in [5.41, 5.74) is 0. The maximum absolute atomic E-state index is 4.61. The lowest BCUT2D eigenvalue weighted by atomic mass is 10.3. The van der Waals surface area contributed by atoms with Crippen LogP contribution in [0.1, 0.15) is 26.1 Å². The highest BCUT2D eigenvalue weighted by Crippen LogP contribution is 2.26. The van der Waals surface area contributed by atoms with Gasteiger partial charge in [-0.15, -0.1) is 11.3 Å². The van der Waals surface area contributed by atoms with Gasteiger partial charge in [-0.2, -0.15) is 11.8 Å². The second kappa shape index (κ2) is 6.21. The first-order valence-electron chi connectivity index (χ1n) is 5.90. The van der Waals surface area contributed by atoms with E-state index in [-0.39, 0.29) is 0 Å². The van der Waals surface area contributed by atoms with Crippen molar-refractivity contribution in [2.75, 3.05) is 17.6 Å². The van der Waals surface area contributed by atoms with Gasteiger partial charge in [-0.3, -0.25) is 0 Å². The van der Waals surface area contributed by atoms with E-state index in [9.17, 15) is 0 Å². The fourth-order valence-electron chi connectivity index (χ4n) is 1.54. The molecule has 5 heteroatoms. The average molecular weight is 267 g/mol. The SMILES string of the molecule is CCCNc1nc(CSCC)nc2sccc12. The normalized spacial score (nSPS) is 10.9. The molecule has 2 rings (SSSR count). The molecule has 1 N–H and O–H groups in total. The van der Waals surface area contributed by atoms with Gasteiger partial charge in [0.2, 0.25) is 0 Å². The van der Waals surface area contributed by atoms with Gasteiger partial charge in [0.15, 0.2) is 0 Å². The summed E-state index contributed by atoms with van der Waals surface area (Å²) in [5, 5.41) is 6.61. The summed E-state index contributed by atoms with van der Waals surface area (Å²) in [7, 11) is 0. The lowest BCUT2D eigenvalue weighted by Crippen LogP contribution is -2.05. The van der Waals surface area contributed by atoms with Crippen LogP contribution in [0.5, 0.6) is 0 Å². The number of rotatable bonds is 6. The van der Waals surface area contributed by atoms with E-state index in [0.29, 0.717) is 0 Å². The summed E-state index contributed by atoms with van der Waals surface area (Å²) < 4.78 is 0. The van der Waals surface area contributed by atoms with Crippen molar-refractivity contribution in [3.8, 4) is 0 Å². The van der Waals surface area contributed by atoms with Crippen molar-refractivity contribution in [2.24, 2.45) is 0 Å². The van der Waals surface area contributed by atoms with Crippen LogP contribution in [-0.4, -0.2) is 22.3 Å². The molecule has 2 heterocycles. The van der Waals surface area contributed by atoms with Crippen LogP contribution in [0.2, 0.25) is 0 Å². The van der Waals surface area contributed by atoms with Gasteiger partial charge in [0.1, 0.15) is 16.5 Å². The molecule has 0 spiro atoms. The molecular weight excluding hydrogens is 250 g/mol. The van der Waals surface area contributed by atoms with E-state index >= 15 is 0 Å². The molecule has 2 aromatic rings. The third-order valence-electron chi connectivity index (χ3n) is 2.35. The molecule has 92 valence electrons. The zero-order chi connectivity index (χ0) is 12.1. The van der Waals surface area contributed by atoms with E-state index in [1.165, 1.54) is 0 Å². The largest absolute Gasteiger partial charge is 0.369 e. The number of aromatic nitrogens is 2. The highest BCUT2D eigenvalue weighted by Gasteiger charge is 2.08. The lowest BCUT2D eigenvalue weighted by molar-refractivity contribution is 0.961. The quantitative estimate of drug-likeness (QED) is 0.864. The maximum Gasteiger partial charge on any atom is 0.142 e. The highest BCUT2D eigenvalue weighted by molar-refractivity contribution is 7.98. The first-order chi connectivity index (χ1) is 8.35. The van der Waals surface area contributed by atoms with E-state index in [4.69, 9.17) is 0 Å². The number of thioether (sulfide) groups is 1. The molecule has 0 unspecified atom stereocenters. The van der Waals surface area contributed by atoms with Crippen LogP contribution in [-0.2, 0) is 5.75 Å². The van der Waals surface area contributed by atoms with Crippen LogP contribution < -0.4 is 5.32 Å². The minimum absolute atomic E-state index is 0.894. The van der Waals surface area contributed by atoms with Gasteiger partial charge < -0.3 is 5.32 Å². The molecule has 0 saturated heterocycles. The number of nitrogens with one attached hydrogen (secondary N) is 1. The van der Waals surface area contributed by atoms with E-state index in [2.05, 4.69) is 40.6 Å². The van der Waals surface area contributed by atoms with Crippen molar-refractivity contribution < 1.29 is 0 Å². The molecule has 17 heavy (non-hydrogen) atoms. The number of hydrogen-bond acceptors (Lipinski definition) is 5. The molecule has 0 radical (unpaired) electrons. The van der Waals surface area contributed by atoms with Gasteiger partial charge in [-0.25, -0.2) is 9.97 Å². The van der Waals surface area contributed by atoms with Crippen LogP contribution in [0.4, 0.5) is 5.82 Å². The van der Waals surface area contributed by atoms with E-state index in [0.717, 1.165) is 46.3 Å². The summed E-state index contributed by atoms with van der Waals surface area (Å²) >= 11 is 3.54. The monoisotopic (exact) mass is 267 g/mol. The van der Waals surface area contributed by atoms with E-state index in [1.54, 1.807) is 11.3 Å². The van der Waals surface area contributed by atoms with Crippen molar-refractivity contribution >= 4 is 39.1 Å². The van der Waals surface area contributed by atoms with Crippen LogP contribution >= 0.6 is 23.1 Å². The van der Waals surface area contributed by atoms with Crippen LogP contribution in [0.3, 0.4) is 0 Å². The Hall–Kier alpha value is -0.810. The number of thiophene rings is 1. The fraction of sp³-hybridized carbons (Fsp3) is 0.500. The first kappa shape index (κ1) is 12.6. The zero-order valence-electron chi connectivity index (χ0n) is 10.2. The van der Waals surface area contributed by atoms with Gasteiger partial charge in [0, 0.05) is 6.54 Å². The summed E-state index contributed by atoms with van der Waals surface area (Å²) in [6.45, 7) is 5.28. The molecule has 0 atom stereocenters. The standard InChI is InChI=1S/C12H17N3S2/c1-3-6-13-11-9-5-7-17-12(9)15-10(14-11)8-16-4-2/h5,7H,3-4,6,8H2,1-2H3,(H,13,14,15). The van der Waals surface area contributed by atoms with Crippen molar-refractivity contribution in [3.63, 3.8) is 0 Å². The van der Waals surface area contributed by atoms with Gasteiger partial charge in [-0.05, 0) is 23.6 Å². The Morgan fingerprint density at radius 2 is 2.24 bits per heavy atom. The molecule has 0 aliphatic rings. The fourth-order valence-corrected chi connectivity index (χ4v) is 2.83. The zero-order valence-corrected chi connectivity index (χ0v) is 11.8. The van der Waals surface area contributed by atoms with Gasteiger partial charge in [0.05, 0.1) is 11.1 Å². The molecule has 0 aliphatic heterocycles. The summed E-state index contributed by atoms with van der Waals surface area (Å²) in [4.78, 5) is 10.3. The molecule has 2 aromatic heterocycles. The predicted octanol–water partition coefficient (Wildman–Crippen LogP) is 3.77. The number of fused-ring (bicyclic) bond motifs is 1. The Labute approximate surface area is 110 Å².